The van der Waals surface area contributed by atoms with Crippen molar-refractivity contribution in [3.05, 3.63) is 70.2 Å². The van der Waals surface area contributed by atoms with Crippen LogP contribution in [0.15, 0.2) is 59.1 Å². The number of rotatable bonds is 0. The summed E-state index contributed by atoms with van der Waals surface area (Å²) in [5.41, 5.74) is 2.73. The van der Waals surface area contributed by atoms with Crippen LogP contribution in [0.5, 0.6) is 0 Å². The molecular weight excluding hydrogens is 320 g/mol. The monoisotopic (exact) mass is 334 g/mol. The molecule has 4 rings (SSSR count). The Bertz CT molecular complexity index is 1010. The van der Waals surface area contributed by atoms with Gasteiger partial charge < -0.3 is 0 Å². The molecule has 102 valence electrons. The highest BCUT2D eigenvalue weighted by Gasteiger charge is 2.12. The average molecular weight is 335 g/mol. The predicted octanol–water partition coefficient (Wildman–Crippen LogP) is 6.53. The second-order valence-electron chi connectivity index (χ2n) is 5.62. The van der Waals surface area contributed by atoms with Crippen LogP contribution in [0.25, 0.3) is 32.3 Å². The Morgan fingerprint density at radius 2 is 1.14 bits per heavy atom. The summed E-state index contributed by atoms with van der Waals surface area (Å²) >= 11 is 3.74. The minimum absolute atomic E-state index is 1.17. The Morgan fingerprint density at radius 3 is 1.81 bits per heavy atom. The third-order valence-electron chi connectivity index (χ3n) is 4.51. The molecule has 0 N–H and O–H groups in total. The molecule has 0 fully saturated rings. The van der Waals surface area contributed by atoms with Gasteiger partial charge in [-0.05, 0) is 63.4 Å². The van der Waals surface area contributed by atoms with Crippen LogP contribution in [0.4, 0.5) is 0 Å². The summed E-state index contributed by atoms with van der Waals surface area (Å²) in [6, 6.07) is 19.6. The number of hydrogen-bond donors (Lipinski definition) is 0. The molecule has 0 aliphatic carbocycles. The Kier molecular flexibility index (Phi) is 2.80. The highest BCUT2D eigenvalue weighted by molar-refractivity contribution is 9.10. The molecule has 0 amide bonds. The van der Waals surface area contributed by atoms with Crippen LogP contribution in [-0.4, -0.2) is 0 Å². The molecule has 0 aliphatic heterocycles. The molecule has 0 nitrogen and oxygen atoms in total. The SMILES string of the molecule is Cc1c2ccccc2c(C)c2c1cc(Br)c1ccccc12. The van der Waals surface area contributed by atoms with E-state index < -0.39 is 0 Å². The third-order valence-corrected chi connectivity index (χ3v) is 5.16. The number of hydrogen-bond acceptors (Lipinski definition) is 0. The van der Waals surface area contributed by atoms with Gasteiger partial charge in [-0.25, -0.2) is 0 Å². The first-order valence-corrected chi connectivity index (χ1v) is 7.96. The van der Waals surface area contributed by atoms with Gasteiger partial charge in [0.05, 0.1) is 0 Å². The standard InChI is InChI=1S/C20H15Br/c1-12-14-7-3-4-8-15(14)13(2)20-17-10-6-5-9-16(17)19(21)11-18(12)20/h3-11H,1-2H3. The molecular formula is C20H15Br. The molecule has 0 saturated heterocycles. The largest absolute Gasteiger partial charge is 0.0616 e. The van der Waals surface area contributed by atoms with E-state index in [0.29, 0.717) is 0 Å². The lowest BCUT2D eigenvalue weighted by molar-refractivity contribution is 1.53. The smallest absolute Gasteiger partial charge is 0.0260 e. The molecule has 0 aromatic heterocycles. The second-order valence-corrected chi connectivity index (χ2v) is 6.48. The van der Waals surface area contributed by atoms with Gasteiger partial charge in [-0.15, -0.1) is 0 Å². The van der Waals surface area contributed by atoms with Gasteiger partial charge in [-0.1, -0.05) is 64.5 Å². The van der Waals surface area contributed by atoms with E-state index in [4.69, 9.17) is 0 Å². The average Bonchev–Trinajstić information content (AvgIpc) is 2.53. The maximum Gasteiger partial charge on any atom is 0.0260 e. The lowest BCUT2D eigenvalue weighted by atomic mass is 9.90. The van der Waals surface area contributed by atoms with Crippen molar-refractivity contribution in [1.29, 1.82) is 0 Å². The molecule has 0 aliphatic rings. The van der Waals surface area contributed by atoms with Crippen LogP contribution in [0.2, 0.25) is 0 Å². The van der Waals surface area contributed by atoms with Crippen molar-refractivity contribution in [2.45, 2.75) is 13.8 Å². The van der Waals surface area contributed by atoms with Crippen LogP contribution in [0, 0.1) is 13.8 Å². The van der Waals surface area contributed by atoms with Gasteiger partial charge in [0.1, 0.15) is 0 Å². The first-order valence-electron chi connectivity index (χ1n) is 7.17. The predicted molar refractivity (Wildman–Crippen MR) is 96.1 cm³/mol. The van der Waals surface area contributed by atoms with Crippen molar-refractivity contribution in [3.8, 4) is 0 Å². The Morgan fingerprint density at radius 1 is 0.619 bits per heavy atom. The van der Waals surface area contributed by atoms with E-state index >= 15 is 0 Å². The fourth-order valence-electron chi connectivity index (χ4n) is 3.45. The molecule has 1 heteroatoms. The van der Waals surface area contributed by atoms with Gasteiger partial charge in [0.15, 0.2) is 0 Å². The van der Waals surface area contributed by atoms with E-state index in [0.717, 1.165) is 0 Å². The van der Waals surface area contributed by atoms with Crippen molar-refractivity contribution in [2.75, 3.05) is 0 Å². The van der Waals surface area contributed by atoms with E-state index in [1.807, 2.05) is 0 Å². The van der Waals surface area contributed by atoms with Gasteiger partial charge in [-0.2, -0.15) is 0 Å². The van der Waals surface area contributed by atoms with Crippen LogP contribution < -0.4 is 0 Å². The fraction of sp³-hybridized carbons (Fsp3) is 0.100. The third kappa shape index (κ3) is 1.74. The molecule has 0 saturated carbocycles. The normalized spacial score (nSPS) is 11.6. The number of benzene rings is 4. The lowest BCUT2D eigenvalue weighted by Gasteiger charge is -2.15. The zero-order valence-electron chi connectivity index (χ0n) is 12.1. The summed E-state index contributed by atoms with van der Waals surface area (Å²) in [7, 11) is 0. The van der Waals surface area contributed by atoms with Gasteiger partial charge in [0.25, 0.3) is 0 Å². The maximum atomic E-state index is 3.74. The number of aryl methyl sites for hydroxylation is 2. The maximum absolute atomic E-state index is 3.74. The molecule has 0 spiro atoms. The molecule has 4 aromatic rings. The van der Waals surface area contributed by atoms with Gasteiger partial charge in [-0.3, -0.25) is 0 Å². The van der Waals surface area contributed by atoms with Crippen molar-refractivity contribution in [3.63, 3.8) is 0 Å². The molecule has 0 bridgehead atoms. The van der Waals surface area contributed by atoms with E-state index in [-0.39, 0.29) is 0 Å². The Hall–Kier alpha value is -1.86. The van der Waals surface area contributed by atoms with Crippen LogP contribution in [0.3, 0.4) is 0 Å². The summed E-state index contributed by atoms with van der Waals surface area (Å²) in [6.45, 7) is 4.47. The van der Waals surface area contributed by atoms with Crippen molar-refractivity contribution >= 4 is 48.2 Å². The molecule has 4 aromatic carbocycles. The fourth-order valence-corrected chi connectivity index (χ4v) is 4.02. The molecule has 0 unspecified atom stereocenters. The summed E-state index contributed by atoms with van der Waals surface area (Å²) in [4.78, 5) is 0. The highest BCUT2D eigenvalue weighted by atomic mass is 79.9. The zero-order valence-corrected chi connectivity index (χ0v) is 13.7. The molecule has 0 radical (unpaired) electrons. The van der Waals surface area contributed by atoms with Crippen molar-refractivity contribution in [1.82, 2.24) is 0 Å². The van der Waals surface area contributed by atoms with Gasteiger partial charge >= 0.3 is 0 Å². The van der Waals surface area contributed by atoms with Crippen LogP contribution in [-0.2, 0) is 0 Å². The summed E-state index contributed by atoms with van der Waals surface area (Å²) < 4.78 is 1.17. The van der Waals surface area contributed by atoms with Crippen LogP contribution >= 0.6 is 15.9 Å². The van der Waals surface area contributed by atoms with E-state index in [9.17, 15) is 0 Å². The Labute approximate surface area is 132 Å². The highest BCUT2D eigenvalue weighted by Crippen LogP contribution is 2.39. The summed E-state index contributed by atoms with van der Waals surface area (Å²) in [5.74, 6) is 0. The topological polar surface area (TPSA) is 0 Å². The van der Waals surface area contributed by atoms with E-state index in [2.05, 4.69) is 84.4 Å². The first kappa shape index (κ1) is 12.8. The quantitative estimate of drug-likeness (QED) is 0.253. The van der Waals surface area contributed by atoms with Crippen molar-refractivity contribution in [2.24, 2.45) is 0 Å². The van der Waals surface area contributed by atoms with Gasteiger partial charge in [0, 0.05) is 4.47 Å². The summed E-state index contributed by atoms with van der Waals surface area (Å²) in [6.07, 6.45) is 0. The number of halogens is 1. The minimum atomic E-state index is 1.17. The van der Waals surface area contributed by atoms with Gasteiger partial charge in [0.2, 0.25) is 0 Å². The zero-order chi connectivity index (χ0) is 14.6. The van der Waals surface area contributed by atoms with Crippen molar-refractivity contribution < 1.29 is 0 Å². The molecule has 0 heterocycles. The second kappa shape index (κ2) is 4.57. The molecule has 21 heavy (non-hydrogen) atoms. The minimum Gasteiger partial charge on any atom is -0.0616 e. The van der Waals surface area contributed by atoms with E-state index in [1.165, 1.54) is 47.9 Å². The Balaban J connectivity index is 2.40. The molecule has 0 atom stereocenters. The van der Waals surface area contributed by atoms with E-state index in [1.54, 1.807) is 0 Å². The lowest BCUT2D eigenvalue weighted by Crippen LogP contribution is -1.90. The summed E-state index contributed by atoms with van der Waals surface area (Å²) in [5, 5.41) is 8.04. The first-order chi connectivity index (χ1) is 10.2. The number of fused-ring (bicyclic) bond motifs is 4. The van der Waals surface area contributed by atoms with Crippen LogP contribution in [0.1, 0.15) is 11.1 Å².